The van der Waals surface area contributed by atoms with Gasteiger partial charge in [0.05, 0.1) is 26.6 Å². The number of nitro benzene ring substituents is 2. The first kappa shape index (κ1) is 14.9. The number of hydrogen-bond acceptors (Lipinski definition) is 7. The molecule has 0 amide bonds. The molecule has 0 unspecified atom stereocenters. The third-order valence-electron chi connectivity index (χ3n) is 2.75. The van der Waals surface area contributed by atoms with Gasteiger partial charge in [-0.15, -0.1) is 11.3 Å². The molecule has 0 atom stereocenters. The molecule has 8 nitrogen and oxygen atoms in total. The number of aryl methyl sites for hydroxylation is 1. The fraction of sp³-hybridized carbons (Fsp3) is 0.250. The third kappa shape index (κ3) is 3.72. The molecule has 9 heteroatoms. The minimum absolute atomic E-state index is 0.262. The Bertz CT molecular complexity index is 686. The number of benzene rings is 1. The first-order valence-electron chi connectivity index (χ1n) is 6.05. The zero-order valence-electron chi connectivity index (χ0n) is 11.1. The first-order chi connectivity index (χ1) is 9.97. The highest BCUT2D eigenvalue weighted by atomic mass is 32.1. The van der Waals surface area contributed by atoms with Crippen molar-refractivity contribution in [2.75, 3.05) is 11.9 Å². The lowest BCUT2D eigenvalue weighted by Crippen LogP contribution is -2.07. The molecular weight excluding hydrogens is 296 g/mol. The lowest BCUT2D eigenvalue weighted by molar-refractivity contribution is -0.393. The van der Waals surface area contributed by atoms with Crippen LogP contribution in [0, 0.1) is 27.2 Å². The second-order valence-electron chi connectivity index (χ2n) is 4.25. The Morgan fingerprint density at radius 1 is 1.29 bits per heavy atom. The van der Waals surface area contributed by atoms with E-state index in [9.17, 15) is 20.2 Å². The quantitative estimate of drug-likeness (QED) is 0.648. The van der Waals surface area contributed by atoms with Crippen LogP contribution >= 0.6 is 11.3 Å². The van der Waals surface area contributed by atoms with Crippen molar-refractivity contribution in [3.63, 3.8) is 0 Å². The molecule has 0 saturated carbocycles. The number of anilines is 1. The largest absolute Gasteiger partial charge is 0.379 e. The maximum Gasteiger partial charge on any atom is 0.299 e. The molecule has 2 rings (SSSR count). The Kier molecular flexibility index (Phi) is 4.43. The minimum atomic E-state index is -0.658. The molecule has 1 N–H and O–H groups in total. The van der Waals surface area contributed by atoms with Crippen molar-refractivity contribution in [1.82, 2.24) is 4.98 Å². The molecule has 0 radical (unpaired) electrons. The van der Waals surface area contributed by atoms with Crippen molar-refractivity contribution in [2.45, 2.75) is 13.3 Å². The van der Waals surface area contributed by atoms with Crippen LogP contribution in [0.25, 0.3) is 0 Å². The van der Waals surface area contributed by atoms with Crippen LogP contribution in [-0.2, 0) is 6.42 Å². The molecule has 110 valence electrons. The fourth-order valence-corrected chi connectivity index (χ4v) is 2.43. The Labute approximate surface area is 123 Å². The monoisotopic (exact) mass is 308 g/mol. The highest BCUT2D eigenvalue weighted by molar-refractivity contribution is 7.09. The van der Waals surface area contributed by atoms with Crippen molar-refractivity contribution in [3.8, 4) is 0 Å². The Balaban J connectivity index is 2.08. The van der Waals surface area contributed by atoms with Gasteiger partial charge in [0.1, 0.15) is 5.69 Å². The summed E-state index contributed by atoms with van der Waals surface area (Å²) in [6, 6.07) is 3.54. The predicted molar refractivity (Wildman–Crippen MR) is 78.8 cm³/mol. The molecule has 21 heavy (non-hydrogen) atoms. The highest BCUT2D eigenvalue weighted by Crippen LogP contribution is 2.28. The summed E-state index contributed by atoms with van der Waals surface area (Å²) >= 11 is 1.54. The number of aromatic nitrogens is 1. The molecule has 0 aliphatic carbocycles. The van der Waals surface area contributed by atoms with Gasteiger partial charge < -0.3 is 5.32 Å². The molecular formula is C12H12N4O4S. The van der Waals surface area contributed by atoms with Crippen molar-refractivity contribution < 1.29 is 9.85 Å². The summed E-state index contributed by atoms with van der Waals surface area (Å²) in [4.78, 5) is 24.6. The van der Waals surface area contributed by atoms with Gasteiger partial charge in [-0.05, 0) is 13.0 Å². The van der Waals surface area contributed by atoms with Crippen LogP contribution in [0.1, 0.15) is 10.7 Å². The number of nitrogens with one attached hydrogen (secondary N) is 1. The van der Waals surface area contributed by atoms with Crippen LogP contribution in [0.4, 0.5) is 17.1 Å². The van der Waals surface area contributed by atoms with E-state index in [2.05, 4.69) is 10.3 Å². The third-order valence-corrected chi connectivity index (χ3v) is 3.57. The molecule has 0 aliphatic heterocycles. The molecule has 1 heterocycles. The van der Waals surface area contributed by atoms with Crippen LogP contribution in [0.5, 0.6) is 0 Å². The van der Waals surface area contributed by atoms with Gasteiger partial charge >= 0.3 is 0 Å². The van der Waals surface area contributed by atoms with Crippen LogP contribution < -0.4 is 5.32 Å². The Morgan fingerprint density at radius 2 is 2.05 bits per heavy atom. The van der Waals surface area contributed by atoms with E-state index >= 15 is 0 Å². The van der Waals surface area contributed by atoms with E-state index in [1.54, 1.807) is 11.3 Å². The van der Waals surface area contributed by atoms with Gasteiger partial charge in [0.25, 0.3) is 11.4 Å². The molecule has 2 aromatic rings. The summed E-state index contributed by atoms with van der Waals surface area (Å²) in [5, 5.41) is 27.4. The molecule has 0 aliphatic rings. The predicted octanol–water partition coefficient (Wildman–Crippen LogP) is 2.92. The first-order valence-corrected chi connectivity index (χ1v) is 6.93. The number of thiazole rings is 1. The van der Waals surface area contributed by atoms with Gasteiger partial charge in [0.15, 0.2) is 0 Å². The van der Waals surface area contributed by atoms with E-state index in [1.165, 1.54) is 12.1 Å². The summed E-state index contributed by atoms with van der Waals surface area (Å²) in [5.74, 6) is 0. The maximum atomic E-state index is 11.0. The molecule has 0 bridgehead atoms. The summed E-state index contributed by atoms with van der Waals surface area (Å²) in [7, 11) is 0. The summed E-state index contributed by atoms with van der Waals surface area (Å²) in [5.41, 5.74) is 0.563. The SMILES string of the molecule is Cc1nc(CCNc2ccc([N+](=O)[O-])cc2[N+](=O)[O-])cs1. The standard InChI is InChI=1S/C12H12N4O4S/c1-8-14-9(7-21-8)4-5-13-11-3-2-10(15(17)18)6-12(11)16(19)20/h2-3,6-7,13H,4-5H2,1H3. The molecule has 1 aromatic heterocycles. The second-order valence-corrected chi connectivity index (χ2v) is 5.31. The normalized spacial score (nSPS) is 10.3. The second kappa shape index (κ2) is 6.27. The van der Waals surface area contributed by atoms with Crippen LogP contribution in [0.15, 0.2) is 23.6 Å². The summed E-state index contributed by atoms with van der Waals surface area (Å²) in [6.07, 6.45) is 0.623. The van der Waals surface area contributed by atoms with E-state index in [0.29, 0.717) is 13.0 Å². The van der Waals surface area contributed by atoms with Gasteiger partial charge in [-0.3, -0.25) is 20.2 Å². The molecule has 0 spiro atoms. The highest BCUT2D eigenvalue weighted by Gasteiger charge is 2.19. The van der Waals surface area contributed by atoms with Gasteiger partial charge in [0, 0.05) is 24.4 Å². The maximum absolute atomic E-state index is 11.0. The van der Waals surface area contributed by atoms with E-state index in [-0.39, 0.29) is 17.1 Å². The molecule has 1 aromatic carbocycles. The Morgan fingerprint density at radius 3 is 2.62 bits per heavy atom. The lowest BCUT2D eigenvalue weighted by Gasteiger charge is -2.06. The topological polar surface area (TPSA) is 111 Å². The number of nitrogens with zero attached hydrogens (tertiary/aromatic N) is 3. The minimum Gasteiger partial charge on any atom is -0.379 e. The summed E-state index contributed by atoms with van der Waals surface area (Å²) in [6.45, 7) is 2.37. The number of non-ortho nitro benzene ring substituents is 1. The van der Waals surface area contributed by atoms with E-state index in [4.69, 9.17) is 0 Å². The number of hydrogen-bond donors (Lipinski definition) is 1. The molecule has 0 fully saturated rings. The zero-order chi connectivity index (χ0) is 15.4. The van der Waals surface area contributed by atoms with Gasteiger partial charge in [-0.25, -0.2) is 4.98 Å². The zero-order valence-corrected chi connectivity index (χ0v) is 11.9. The smallest absolute Gasteiger partial charge is 0.299 e. The number of nitro groups is 2. The van der Waals surface area contributed by atoms with E-state index in [1.807, 2.05) is 12.3 Å². The fourth-order valence-electron chi connectivity index (χ4n) is 1.78. The molecule has 0 saturated heterocycles. The average molecular weight is 308 g/mol. The van der Waals surface area contributed by atoms with Crippen molar-refractivity contribution in [1.29, 1.82) is 0 Å². The van der Waals surface area contributed by atoms with Gasteiger partial charge in [-0.2, -0.15) is 0 Å². The van der Waals surface area contributed by atoms with Crippen LogP contribution in [0.2, 0.25) is 0 Å². The lowest BCUT2D eigenvalue weighted by atomic mass is 10.2. The van der Waals surface area contributed by atoms with E-state index in [0.717, 1.165) is 16.8 Å². The van der Waals surface area contributed by atoms with E-state index < -0.39 is 9.85 Å². The van der Waals surface area contributed by atoms with Crippen molar-refractivity contribution in [2.24, 2.45) is 0 Å². The van der Waals surface area contributed by atoms with Gasteiger partial charge in [-0.1, -0.05) is 0 Å². The Hall–Kier alpha value is -2.55. The summed E-state index contributed by atoms with van der Waals surface area (Å²) < 4.78 is 0. The van der Waals surface area contributed by atoms with Crippen LogP contribution in [-0.4, -0.2) is 21.4 Å². The van der Waals surface area contributed by atoms with Crippen LogP contribution in [0.3, 0.4) is 0 Å². The number of rotatable bonds is 6. The van der Waals surface area contributed by atoms with Crippen molar-refractivity contribution in [3.05, 3.63) is 54.5 Å². The average Bonchev–Trinajstić information content (AvgIpc) is 2.84. The van der Waals surface area contributed by atoms with Crippen molar-refractivity contribution >= 4 is 28.4 Å². The van der Waals surface area contributed by atoms with Gasteiger partial charge in [0.2, 0.25) is 0 Å².